The third kappa shape index (κ3) is 3.80. The molecule has 0 fully saturated rings. The van der Waals surface area contributed by atoms with E-state index in [1.54, 1.807) is 0 Å². The predicted molar refractivity (Wildman–Crippen MR) is 65.8 cm³/mol. The van der Waals surface area contributed by atoms with Crippen LogP contribution in [0.4, 0.5) is 32.0 Å². The van der Waals surface area contributed by atoms with Gasteiger partial charge in [0.25, 0.3) is 0 Å². The Morgan fingerprint density at radius 1 is 0.955 bits per heavy atom. The largest absolute Gasteiger partial charge is 0.573 e. The lowest BCUT2D eigenvalue weighted by molar-refractivity contribution is -0.274. The van der Waals surface area contributed by atoms with Crippen molar-refractivity contribution in [1.82, 2.24) is 4.98 Å². The van der Waals surface area contributed by atoms with E-state index >= 15 is 0 Å². The number of nitrogens with two attached hydrogens (primary N) is 1. The van der Waals surface area contributed by atoms with Crippen LogP contribution in [0.15, 0.2) is 36.5 Å². The van der Waals surface area contributed by atoms with Gasteiger partial charge in [0.2, 0.25) is 0 Å². The number of benzene rings is 1. The van der Waals surface area contributed by atoms with Gasteiger partial charge in [-0.2, -0.15) is 13.2 Å². The highest BCUT2D eigenvalue weighted by molar-refractivity contribution is 5.73. The standard InChI is InChI=1S/C13H8F6N2O/c14-12(15,16)8-5-10(20)11(21-6-8)7-1-3-9(4-2-7)22-13(17,18)19/h1-6H,20H2. The number of halogens is 6. The van der Waals surface area contributed by atoms with E-state index in [9.17, 15) is 26.3 Å². The van der Waals surface area contributed by atoms with Gasteiger partial charge in [0.1, 0.15) is 5.75 Å². The molecule has 2 aromatic rings. The lowest BCUT2D eigenvalue weighted by atomic mass is 10.1. The number of alkyl halides is 6. The molecule has 1 aromatic heterocycles. The molecule has 0 unspecified atom stereocenters. The molecule has 0 saturated heterocycles. The van der Waals surface area contributed by atoms with Crippen molar-refractivity contribution in [3.8, 4) is 17.0 Å². The van der Waals surface area contributed by atoms with Gasteiger partial charge in [0.15, 0.2) is 0 Å². The normalized spacial score (nSPS) is 12.3. The van der Waals surface area contributed by atoms with Crippen molar-refractivity contribution in [1.29, 1.82) is 0 Å². The Labute approximate surface area is 120 Å². The van der Waals surface area contributed by atoms with E-state index in [1.807, 2.05) is 0 Å². The van der Waals surface area contributed by atoms with Crippen LogP contribution < -0.4 is 10.5 Å². The quantitative estimate of drug-likeness (QED) is 0.841. The summed E-state index contributed by atoms with van der Waals surface area (Å²) < 4.78 is 77.2. The van der Waals surface area contributed by atoms with Crippen LogP contribution in [0.2, 0.25) is 0 Å². The SMILES string of the molecule is Nc1cc(C(F)(F)F)cnc1-c1ccc(OC(F)(F)F)cc1. The van der Waals surface area contributed by atoms with Gasteiger partial charge in [-0.25, -0.2) is 0 Å². The van der Waals surface area contributed by atoms with E-state index < -0.39 is 23.9 Å². The van der Waals surface area contributed by atoms with E-state index in [0.717, 1.165) is 12.1 Å². The smallest absolute Gasteiger partial charge is 0.406 e. The first-order valence-corrected chi connectivity index (χ1v) is 5.75. The van der Waals surface area contributed by atoms with Crippen LogP contribution in [0.5, 0.6) is 5.75 Å². The Bertz CT molecular complexity index is 664. The Kier molecular flexibility index (Phi) is 3.90. The number of hydrogen-bond donors (Lipinski definition) is 1. The van der Waals surface area contributed by atoms with E-state index in [-0.39, 0.29) is 16.9 Å². The van der Waals surface area contributed by atoms with Crippen LogP contribution in [0.1, 0.15) is 5.56 Å². The molecule has 3 nitrogen and oxygen atoms in total. The molecule has 2 rings (SSSR count). The number of aromatic nitrogens is 1. The molecule has 0 bridgehead atoms. The van der Waals surface area contributed by atoms with Crippen molar-refractivity contribution in [2.24, 2.45) is 0 Å². The van der Waals surface area contributed by atoms with Gasteiger partial charge >= 0.3 is 12.5 Å². The van der Waals surface area contributed by atoms with Crippen molar-refractivity contribution in [3.63, 3.8) is 0 Å². The molecule has 0 atom stereocenters. The first-order valence-electron chi connectivity index (χ1n) is 5.75. The van der Waals surface area contributed by atoms with Gasteiger partial charge in [-0.1, -0.05) is 0 Å². The average Bonchev–Trinajstić information content (AvgIpc) is 2.37. The average molecular weight is 322 g/mol. The van der Waals surface area contributed by atoms with Gasteiger partial charge in [0, 0.05) is 11.8 Å². The zero-order chi connectivity index (χ0) is 16.5. The van der Waals surface area contributed by atoms with Crippen LogP contribution in [0.25, 0.3) is 11.3 Å². The van der Waals surface area contributed by atoms with Crippen LogP contribution in [-0.2, 0) is 6.18 Å². The monoisotopic (exact) mass is 322 g/mol. The Morgan fingerprint density at radius 3 is 2.00 bits per heavy atom. The fourth-order valence-corrected chi connectivity index (χ4v) is 1.69. The molecule has 22 heavy (non-hydrogen) atoms. The molecule has 0 aliphatic heterocycles. The zero-order valence-electron chi connectivity index (χ0n) is 10.7. The number of anilines is 1. The molecule has 1 aromatic carbocycles. The Morgan fingerprint density at radius 2 is 1.55 bits per heavy atom. The van der Waals surface area contributed by atoms with Crippen LogP contribution in [0, 0.1) is 0 Å². The highest BCUT2D eigenvalue weighted by Crippen LogP contribution is 2.33. The maximum absolute atomic E-state index is 12.5. The van der Waals surface area contributed by atoms with Gasteiger partial charge in [-0.15, -0.1) is 13.2 Å². The lowest BCUT2D eigenvalue weighted by Gasteiger charge is -2.11. The Hall–Kier alpha value is -2.45. The van der Waals surface area contributed by atoms with Gasteiger partial charge in [-0.3, -0.25) is 4.98 Å². The summed E-state index contributed by atoms with van der Waals surface area (Å²) in [5.41, 5.74) is 4.57. The second kappa shape index (κ2) is 5.39. The first-order chi connectivity index (χ1) is 10.1. The number of rotatable bonds is 2. The molecule has 2 N–H and O–H groups in total. The van der Waals surface area contributed by atoms with Crippen molar-refractivity contribution in [2.75, 3.05) is 5.73 Å². The molecule has 0 radical (unpaired) electrons. The molecule has 1 heterocycles. The molecule has 0 aliphatic carbocycles. The second-order valence-electron chi connectivity index (χ2n) is 4.23. The Balaban J connectivity index is 2.29. The molecule has 9 heteroatoms. The number of nitrogen functional groups attached to an aromatic ring is 1. The molecular formula is C13H8F6N2O. The van der Waals surface area contributed by atoms with Crippen molar-refractivity contribution < 1.29 is 31.1 Å². The first kappa shape index (κ1) is 15.9. The lowest BCUT2D eigenvalue weighted by Crippen LogP contribution is -2.16. The summed E-state index contributed by atoms with van der Waals surface area (Å²) in [5.74, 6) is -0.457. The molecule has 0 spiro atoms. The van der Waals surface area contributed by atoms with E-state index in [4.69, 9.17) is 5.73 Å². The van der Waals surface area contributed by atoms with Crippen molar-refractivity contribution >= 4 is 5.69 Å². The summed E-state index contributed by atoms with van der Waals surface area (Å²) in [6, 6.07) is 5.17. The summed E-state index contributed by atoms with van der Waals surface area (Å²) in [4.78, 5) is 3.61. The topological polar surface area (TPSA) is 48.1 Å². The number of ether oxygens (including phenoxy) is 1. The molecule has 118 valence electrons. The van der Waals surface area contributed by atoms with Gasteiger partial charge in [0.05, 0.1) is 16.9 Å². The maximum atomic E-state index is 12.5. The fourth-order valence-electron chi connectivity index (χ4n) is 1.69. The molecule has 0 amide bonds. The highest BCUT2D eigenvalue weighted by Gasteiger charge is 2.32. The highest BCUT2D eigenvalue weighted by atomic mass is 19.4. The van der Waals surface area contributed by atoms with E-state index in [0.29, 0.717) is 12.3 Å². The molecular weight excluding hydrogens is 314 g/mol. The van der Waals surface area contributed by atoms with Gasteiger partial charge in [-0.05, 0) is 30.3 Å². The summed E-state index contributed by atoms with van der Waals surface area (Å²) in [6.45, 7) is 0. The van der Waals surface area contributed by atoms with Crippen LogP contribution in [0.3, 0.4) is 0 Å². The molecule has 0 saturated carbocycles. The second-order valence-corrected chi connectivity index (χ2v) is 4.23. The third-order valence-corrected chi connectivity index (χ3v) is 2.61. The number of nitrogens with zero attached hydrogens (tertiary/aromatic N) is 1. The fraction of sp³-hybridized carbons (Fsp3) is 0.154. The maximum Gasteiger partial charge on any atom is 0.573 e. The third-order valence-electron chi connectivity index (χ3n) is 2.61. The minimum Gasteiger partial charge on any atom is -0.406 e. The summed E-state index contributed by atoms with van der Waals surface area (Å²) in [6.07, 6.45) is -8.80. The van der Waals surface area contributed by atoms with E-state index in [1.165, 1.54) is 12.1 Å². The minimum absolute atomic E-state index is 0.0339. The summed E-state index contributed by atoms with van der Waals surface area (Å²) in [7, 11) is 0. The summed E-state index contributed by atoms with van der Waals surface area (Å²) >= 11 is 0. The number of hydrogen-bond acceptors (Lipinski definition) is 3. The molecule has 0 aliphatic rings. The summed E-state index contributed by atoms with van der Waals surface area (Å²) in [5, 5.41) is 0. The van der Waals surface area contributed by atoms with Crippen molar-refractivity contribution in [3.05, 3.63) is 42.1 Å². The van der Waals surface area contributed by atoms with Crippen molar-refractivity contribution in [2.45, 2.75) is 12.5 Å². The van der Waals surface area contributed by atoms with Crippen LogP contribution >= 0.6 is 0 Å². The van der Waals surface area contributed by atoms with Gasteiger partial charge < -0.3 is 10.5 Å². The van der Waals surface area contributed by atoms with Crippen LogP contribution in [-0.4, -0.2) is 11.3 Å². The zero-order valence-corrected chi connectivity index (χ0v) is 10.7. The number of pyridine rings is 1. The van der Waals surface area contributed by atoms with E-state index in [2.05, 4.69) is 9.72 Å². The minimum atomic E-state index is -4.83. The predicted octanol–water partition coefficient (Wildman–Crippen LogP) is 4.25.